The van der Waals surface area contributed by atoms with Gasteiger partial charge in [0.15, 0.2) is 5.58 Å². The molecular weight excluding hydrogens is 326 g/mol. The van der Waals surface area contributed by atoms with Crippen molar-refractivity contribution >= 4 is 23.1 Å². The normalized spacial score (nSPS) is 15.4. The topological polar surface area (TPSA) is 93.8 Å². The number of aromatic nitrogens is 1. The molecule has 8 nitrogen and oxygen atoms in total. The predicted octanol–water partition coefficient (Wildman–Crippen LogP) is 1.48. The van der Waals surface area contributed by atoms with E-state index in [9.17, 15) is 14.4 Å². The summed E-state index contributed by atoms with van der Waals surface area (Å²) in [4.78, 5) is 37.3. The number of likely N-dealkylation sites (tertiary alicyclic amines) is 1. The number of carbonyl (C=O) groups excluding carboxylic acids is 2. The molecule has 25 heavy (non-hydrogen) atoms. The largest absolute Gasteiger partial charge is 0.450 e. The molecule has 0 unspecified atom stereocenters. The van der Waals surface area contributed by atoms with Gasteiger partial charge in [-0.25, -0.2) is 9.59 Å². The van der Waals surface area contributed by atoms with E-state index in [-0.39, 0.29) is 18.0 Å². The number of nitrogens with zero attached hydrogens (tertiary/aromatic N) is 2. The lowest BCUT2D eigenvalue weighted by Gasteiger charge is -2.31. The van der Waals surface area contributed by atoms with Crippen LogP contribution in [-0.4, -0.2) is 47.2 Å². The van der Waals surface area contributed by atoms with E-state index in [1.165, 1.54) is 4.57 Å². The van der Waals surface area contributed by atoms with Gasteiger partial charge in [-0.2, -0.15) is 0 Å². The smallest absolute Gasteiger partial charge is 0.419 e. The van der Waals surface area contributed by atoms with E-state index in [0.29, 0.717) is 49.2 Å². The Morgan fingerprint density at radius 2 is 2.04 bits per heavy atom. The summed E-state index contributed by atoms with van der Waals surface area (Å²) in [6.07, 6.45) is 1.05. The van der Waals surface area contributed by atoms with Gasteiger partial charge in [0.25, 0.3) is 5.91 Å². The summed E-state index contributed by atoms with van der Waals surface area (Å²) in [6.45, 7) is 3.24. The monoisotopic (exact) mass is 347 g/mol. The average Bonchev–Trinajstić information content (AvgIpc) is 2.89. The van der Waals surface area contributed by atoms with Crippen LogP contribution in [0.1, 0.15) is 30.1 Å². The molecule has 0 spiro atoms. The molecule has 1 N–H and O–H groups in total. The minimum Gasteiger partial charge on any atom is -0.450 e. The van der Waals surface area contributed by atoms with Crippen LogP contribution in [-0.2, 0) is 11.8 Å². The number of amides is 2. The first-order valence-electron chi connectivity index (χ1n) is 8.31. The van der Waals surface area contributed by atoms with E-state index in [2.05, 4.69) is 5.32 Å². The van der Waals surface area contributed by atoms with Crippen molar-refractivity contribution in [3.05, 3.63) is 34.3 Å². The Bertz CT molecular complexity index is 846. The molecule has 1 fully saturated rings. The van der Waals surface area contributed by atoms with Crippen molar-refractivity contribution in [3.8, 4) is 0 Å². The lowest BCUT2D eigenvalue weighted by molar-refractivity contribution is 0.0860. The molecule has 2 amide bonds. The summed E-state index contributed by atoms with van der Waals surface area (Å²) < 4.78 is 11.4. The molecule has 0 atom stereocenters. The molecule has 0 bridgehead atoms. The van der Waals surface area contributed by atoms with Crippen LogP contribution in [0, 0.1) is 0 Å². The second-order valence-corrected chi connectivity index (χ2v) is 6.04. The third-order valence-electron chi connectivity index (χ3n) is 4.41. The number of rotatable bonds is 3. The van der Waals surface area contributed by atoms with Crippen LogP contribution in [0.2, 0.25) is 0 Å². The Labute approximate surface area is 144 Å². The van der Waals surface area contributed by atoms with Gasteiger partial charge in [0.05, 0.1) is 12.1 Å². The van der Waals surface area contributed by atoms with Crippen LogP contribution in [0.4, 0.5) is 4.79 Å². The summed E-state index contributed by atoms with van der Waals surface area (Å²) in [5.74, 6) is -0.663. The van der Waals surface area contributed by atoms with Crippen molar-refractivity contribution in [3.63, 3.8) is 0 Å². The van der Waals surface area contributed by atoms with Crippen molar-refractivity contribution in [1.29, 1.82) is 0 Å². The third kappa shape index (κ3) is 3.52. The van der Waals surface area contributed by atoms with Gasteiger partial charge >= 0.3 is 11.8 Å². The Morgan fingerprint density at radius 1 is 1.32 bits per heavy atom. The fourth-order valence-electron chi connectivity index (χ4n) is 2.96. The maximum absolute atomic E-state index is 12.5. The Balaban J connectivity index is 1.62. The molecule has 0 radical (unpaired) electrons. The number of aryl methyl sites for hydroxylation is 1. The van der Waals surface area contributed by atoms with Crippen molar-refractivity contribution < 1.29 is 18.7 Å². The molecule has 2 heterocycles. The number of benzene rings is 1. The van der Waals surface area contributed by atoms with Gasteiger partial charge in [0, 0.05) is 31.7 Å². The van der Waals surface area contributed by atoms with Crippen LogP contribution in [0.25, 0.3) is 11.1 Å². The Hall–Kier alpha value is -2.77. The number of carbonyl (C=O) groups is 2. The summed E-state index contributed by atoms with van der Waals surface area (Å²) in [6, 6.07) is 4.90. The minimum absolute atomic E-state index is 0.00189. The third-order valence-corrected chi connectivity index (χ3v) is 4.41. The molecule has 3 rings (SSSR count). The van der Waals surface area contributed by atoms with E-state index in [1.807, 2.05) is 0 Å². The molecule has 2 aromatic rings. The van der Waals surface area contributed by atoms with Gasteiger partial charge in [-0.05, 0) is 38.0 Å². The summed E-state index contributed by atoms with van der Waals surface area (Å²) in [5, 5.41) is 2.98. The van der Waals surface area contributed by atoms with Crippen LogP contribution in [0.15, 0.2) is 27.4 Å². The molecule has 1 aromatic carbocycles. The molecule has 8 heteroatoms. The van der Waals surface area contributed by atoms with Gasteiger partial charge in [0.2, 0.25) is 0 Å². The molecular formula is C17H21N3O5. The summed E-state index contributed by atoms with van der Waals surface area (Å²) >= 11 is 0. The Kier molecular flexibility index (Phi) is 4.78. The minimum atomic E-state index is -0.459. The highest BCUT2D eigenvalue weighted by atomic mass is 16.6. The van der Waals surface area contributed by atoms with Gasteiger partial charge < -0.3 is 19.4 Å². The predicted molar refractivity (Wildman–Crippen MR) is 90.5 cm³/mol. The number of oxazole rings is 1. The van der Waals surface area contributed by atoms with E-state index < -0.39 is 5.76 Å². The highest BCUT2D eigenvalue weighted by Crippen LogP contribution is 2.16. The fourth-order valence-corrected chi connectivity index (χ4v) is 2.96. The highest BCUT2D eigenvalue weighted by Gasteiger charge is 2.25. The van der Waals surface area contributed by atoms with Crippen molar-refractivity contribution in [2.75, 3.05) is 19.7 Å². The SMILES string of the molecule is CCOC(=O)N1CCC(NC(=O)c2ccc3oc(=O)n(C)c3c2)CC1. The first-order chi connectivity index (χ1) is 12.0. The average molecular weight is 347 g/mol. The van der Waals surface area contributed by atoms with Crippen LogP contribution in [0.3, 0.4) is 0 Å². The number of piperidine rings is 1. The van der Waals surface area contributed by atoms with Gasteiger partial charge in [-0.15, -0.1) is 0 Å². The number of nitrogens with one attached hydrogen (secondary N) is 1. The molecule has 1 aliphatic heterocycles. The van der Waals surface area contributed by atoms with E-state index >= 15 is 0 Å². The number of hydrogen-bond donors (Lipinski definition) is 1. The van der Waals surface area contributed by atoms with Crippen LogP contribution in [0.5, 0.6) is 0 Å². The zero-order valence-electron chi connectivity index (χ0n) is 14.3. The first-order valence-corrected chi connectivity index (χ1v) is 8.31. The van der Waals surface area contributed by atoms with Gasteiger partial charge in [-0.1, -0.05) is 0 Å². The second kappa shape index (κ2) is 7.00. The zero-order chi connectivity index (χ0) is 18.0. The van der Waals surface area contributed by atoms with Crippen molar-refractivity contribution in [2.24, 2.45) is 7.05 Å². The molecule has 0 saturated carbocycles. The van der Waals surface area contributed by atoms with Crippen LogP contribution < -0.4 is 11.1 Å². The molecule has 1 aliphatic rings. The standard InChI is InChI=1S/C17H21N3O5/c1-3-24-17(23)20-8-6-12(7-9-20)18-15(21)11-4-5-14-13(10-11)19(2)16(22)25-14/h4-5,10,12H,3,6-9H2,1-2H3,(H,18,21). The summed E-state index contributed by atoms with van der Waals surface area (Å²) in [5.41, 5.74) is 1.50. The quantitative estimate of drug-likeness (QED) is 0.908. The maximum atomic E-state index is 12.5. The number of hydrogen-bond acceptors (Lipinski definition) is 5. The highest BCUT2D eigenvalue weighted by molar-refractivity contribution is 5.97. The van der Waals surface area contributed by atoms with Crippen molar-refractivity contribution in [2.45, 2.75) is 25.8 Å². The maximum Gasteiger partial charge on any atom is 0.419 e. The Morgan fingerprint density at radius 3 is 2.72 bits per heavy atom. The molecule has 134 valence electrons. The number of ether oxygens (including phenoxy) is 1. The number of fused-ring (bicyclic) bond motifs is 1. The fraction of sp³-hybridized carbons (Fsp3) is 0.471. The summed E-state index contributed by atoms with van der Waals surface area (Å²) in [7, 11) is 1.60. The van der Waals surface area contributed by atoms with Gasteiger partial charge in [0.1, 0.15) is 0 Å². The van der Waals surface area contributed by atoms with Crippen LogP contribution >= 0.6 is 0 Å². The second-order valence-electron chi connectivity index (χ2n) is 6.04. The van der Waals surface area contributed by atoms with Gasteiger partial charge in [-0.3, -0.25) is 9.36 Å². The molecule has 1 aromatic heterocycles. The first kappa shape index (κ1) is 17.1. The van der Waals surface area contributed by atoms with E-state index in [0.717, 1.165) is 0 Å². The van der Waals surface area contributed by atoms with E-state index in [1.54, 1.807) is 37.1 Å². The zero-order valence-corrected chi connectivity index (χ0v) is 14.3. The lowest BCUT2D eigenvalue weighted by atomic mass is 10.0. The lowest BCUT2D eigenvalue weighted by Crippen LogP contribution is -2.46. The molecule has 0 aliphatic carbocycles. The van der Waals surface area contributed by atoms with Crippen molar-refractivity contribution in [1.82, 2.24) is 14.8 Å². The molecule has 1 saturated heterocycles. The van der Waals surface area contributed by atoms with E-state index in [4.69, 9.17) is 9.15 Å².